The predicted molar refractivity (Wildman–Crippen MR) is 75.5 cm³/mol. The normalized spacial score (nSPS) is 22.2. The van der Waals surface area contributed by atoms with Gasteiger partial charge in [0.25, 0.3) is 0 Å². The molecule has 0 spiro atoms. The van der Waals surface area contributed by atoms with Gasteiger partial charge in [-0.3, -0.25) is 4.52 Å². The molecule has 3 rings (SSSR count). The Hall–Kier alpha value is -1.84. The zero-order chi connectivity index (χ0) is 15.9. The van der Waals surface area contributed by atoms with Crippen LogP contribution in [0.4, 0.5) is 5.82 Å². The summed E-state index contributed by atoms with van der Waals surface area (Å²) in [6.07, 6.45) is 3.94. The van der Waals surface area contributed by atoms with E-state index < -0.39 is 20.0 Å². The van der Waals surface area contributed by atoms with E-state index >= 15 is 0 Å². The van der Waals surface area contributed by atoms with Crippen molar-refractivity contribution in [1.82, 2.24) is 19.5 Å². The SMILES string of the molecule is Nc1ncnc2c1ncn2C1C=C(COP(=O)(O)O)C[C@H]1O. The summed E-state index contributed by atoms with van der Waals surface area (Å²) in [5.41, 5.74) is 7.21. The third kappa shape index (κ3) is 2.87. The lowest BCUT2D eigenvalue weighted by molar-refractivity contribution is 0.143. The number of rotatable bonds is 4. The minimum Gasteiger partial charge on any atom is -0.390 e. The maximum absolute atomic E-state index is 10.7. The Morgan fingerprint density at radius 3 is 2.91 bits per heavy atom. The zero-order valence-corrected chi connectivity index (χ0v) is 12.2. The van der Waals surface area contributed by atoms with Crippen molar-refractivity contribution >= 4 is 24.8 Å². The molecule has 0 aliphatic heterocycles. The Labute approximate surface area is 124 Å². The average molecular weight is 327 g/mol. The lowest BCUT2D eigenvalue weighted by atomic mass is 10.2. The summed E-state index contributed by atoms with van der Waals surface area (Å²) in [4.78, 5) is 29.5. The highest BCUT2D eigenvalue weighted by Crippen LogP contribution is 2.38. The second-order valence-electron chi connectivity index (χ2n) is 4.93. The van der Waals surface area contributed by atoms with Crippen LogP contribution in [-0.2, 0) is 9.09 Å². The second-order valence-corrected chi connectivity index (χ2v) is 6.17. The molecule has 2 atom stereocenters. The lowest BCUT2D eigenvalue weighted by Gasteiger charge is -2.15. The molecular weight excluding hydrogens is 313 g/mol. The number of nitrogens with two attached hydrogens (primary N) is 1. The number of aliphatic hydroxyl groups is 1. The molecule has 0 saturated carbocycles. The van der Waals surface area contributed by atoms with Crippen LogP contribution in [0.5, 0.6) is 0 Å². The van der Waals surface area contributed by atoms with Crippen LogP contribution in [-0.4, -0.2) is 47.1 Å². The maximum Gasteiger partial charge on any atom is 0.469 e. The molecule has 0 radical (unpaired) electrons. The first-order valence-electron chi connectivity index (χ1n) is 6.36. The Balaban J connectivity index is 1.88. The zero-order valence-electron chi connectivity index (χ0n) is 11.3. The van der Waals surface area contributed by atoms with Crippen LogP contribution in [0.3, 0.4) is 0 Å². The maximum atomic E-state index is 10.7. The van der Waals surface area contributed by atoms with E-state index in [2.05, 4.69) is 19.5 Å². The fraction of sp³-hybridized carbons (Fsp3) is 0.364. The van der Waals surface area contributed by atoms with Gasteiger partial charge in [-0.2, -0.15) is 0 Å². The van der Waals surface area contributed by atoms with Crippen LogP contribution in [0.2, 0.25) is 0 Å². The van der Waals surface area contributed by atoms with Crippen LogP contribution in [0, 0.1) is 0 Å². The molecule has 2 aromatic rings. The first-order valence-corrected chi connectivity index (χ1v) is 7.89. The highest BCUT2D eigenvalue weighted by Gasteiger charge is 2.30. The Bertz CT molecular complexity index is 784. The summed E-state index contributed by atoms with van der Waals surface area (Å²) >= 11 is 0. The fourth-order valence-corrected chi connectivity index (χ4v) is 2.77. The average Bonchev–Trinajstić information content (AvgIpc) is 3.00. The van der Waals surface area contributed by atoms with Crippen molar-refractivity contribution in [3.63, 3.8) is 0 Å². The van der Waals surface area contributed by atoms with Gasteiger partial charge < -0.3 is 25.2 Å². The standard InChI is InChI=1S/C11H14N5O5P/c12-10-9-11(14-4-13-10)16(5-15-9)7-1-6(2-8(7)17)3-21-22(18,19)20/h1,4-5,7-8,17H,2-3H2,(H2,12,13,14)(H2,18,19,20)/t7?,8-/m1/s1. The van der Waals surface area contributed by atoms with Gasteiger partial charge in [0.2, 0.25) is 0 Å². The highest BCUT2D eigenvalue weighted by atomic mass is 31.2. The number of nitrogens with zero attached hydrogens (tertiary/aromatic N) is 4. The van der Waals surface area contributed by atoms with Crippen molar-refractivity contribution in [1.29, 1.82) is 0 Å². The Kier molecular flexibility index (Phi) is 3.71. The molecule has 10 nitrogen and oxygen atoms in total. The molecule has 0 fully saturated rings. The van der Waals surface area contributed by atoms with Crippen LogP contribution < -0.4 is 5.73 Å². The third-order valence-corrected chi connectivity index (χ3v) is 3.86. The molecule has 22 heavy (non-hydrogen) atoms. The van der Waals surface area contributed by atoms with Crippen molar-refractivity contribution in [3.8, 4) is 0 Å². The largest absolute Gasteiger partial charge is 0.469 e. The first kappa shape index (κ1) is 15.1. The van der Waals surface area contributed by atoms with E-state index in [0.29, 0.717) is 16.7 Å². The second kappa shape index (κ2) is 5.41. The topological polar surface area (TPSA) is 157 Å². The van der Waals surface area contributed by atoms with Crippen LogP contribution in [0.1, 0.15) is 12.5 Å². The number of phosphoric ester groups is 1. The smallest absolute Gasteiger partial charge is 0.390 e. The van der Waals surface area contributed by atoms with Crippen molar-refractivity contribution in [2.75, 3.05) is 12.3 Å². The molecule has 0 saturated heterocycles. The van der Waals surface area contributed by atoms with E-state index in [1.165, 1.54) is 12.7 Å². The van der Waals surface area contributed by atoms with Gasteiger partial charge in [-0.05, 0) is 12.0 Å². The summed E-state index contributed by atoms with van der Waals surface area (Å²) in [5.74, 6) is 0.241. The van der Waals surface area contributed by atoms with Crippen LogP contribution in [0.25, 0.3) is 11.2 Å². The summed E-state index contributed by atoms with van der Waals surface area (Å²) < 4.78 is 16.8. The Morgan fingerprint density at radius 1 is 1.41 bits per heavy atom. The summed E-state index contributed by atoms with van der Waals surface area (Å²) in [7, 11) is -4.54. The van der Waals surface area contributed by atoms with Crippen LogP contribution in [0.15, 0.2) is 24.3 Å². The number of anilines is 1. The third-order valence-electron chi connectivity index (χ3n) is 3.40. The number of aliphatic hydroxyl groups excluding tert-OH is 1. The molecule has 0 amide bonds. The number of aromatic nitrogens is 4. The monoisotopic (exact) mass is 327 g/mol. The molecule has 0 bridgehead atoms. The number of nitrogen functional groups attached to an aromatic ring is 1. The van der Waals surface area contributed by atoms with E-state index in [9.17, 15) is 9.67 Å². The summed E-state index contributed by atoms with van der Waals surface area (Å²) in [6.45, 7) is -0.248. The molecule has 1 unspecified atom stereocenters. The molecule has 5 N–H and O–H groups in total. The molecule has 11 heteroatoms. The number of hydrogen-bond acceptors (Lipinski definition) is 7. The molecule has 2 aromatic heterocycles. The van der Waals surface area contributed by atoms with Gasteiger partial charge in [0.05, 0.1) is 25.1 Å². The van der Waals surface area contributed by atoms with Crippen molar-refractivity contribution in [2.45, 2.75) is 18.6 Å². The van der Waals surface area contributed by atoms with Crippen molar-refractivity contribution in [2.24, 2.45) is 0 Å². The van der Waals surface area contributed by atoms with E-state index in [-0.39, 0.29) is 18.8 Å². The van der Waals surface area contributed by atoms with Gasteiger partial charge in [0, 0.05) is 0 Å². The highest BCUT2D eigenvalue weighted by molar-refractivity contribution is 7.46. The quantitative estimate of drug-likeness (QED) is 0.439. The van der Waals surface area contributed by atoms with Gasteiger partial charge in [0.1, 0.15) is 11.8 Å². The minimum absolute atomic E-state index is 0.241. The van der Waals surface area contributed by atoms with Gasteiger partial charge in [-0.15, -0.1) is 0 Å². The molecular formula is C11H14N5O5P. The molecule has 1 aliphatic rings. The fourth-order valence-electron chi connectivity index (χ4n) is 2.44. The number of phosphoric acid groups is 1. The molecule has 1 aliphatic carbocycles. The Morgan fingerprint density at radius 2 is 2.18 bits per heavy atom. The van der Waals surface area contributed by atoms with Gasteiger partial charge >= 0.3 is 7.82 Å². The van der Waals surface area contributed by atoms with Gasteiger partial charge in [-0.25, -0.2) is 19.5 Å². The summed E-state index contributed by atoms with van der Waals surface area (Å²) in [6, 6.07) is -0.463. The van der Waals surface area contributed by atoms with E-state index in [4.69, 9.17) is 15.5 Å². The number of hydrogen-bond donors (Lipinski definition) is 4. The van der Waals surface area contributed by atoms with Gasteiger partial charge in [-0.1, -0.05) is 6.08 Å². The first-order chi connectivity index (χ1) is 10.3. The minimum atomic E-state index is -4.54. The molecule has 0 aromatic carbocycles. The van der Waals surface area contributed by atoms with E-state index in [1.807, 2.05) is 0 Å². The molecule has 2 heterocycles. The van der Waals surface area contributed by atoms with E-state index in [0.717, 1.165) is 0 Å². The lowest BCUT2D eigenvalue weighted by Crippen LogP contribution is -2.18. The van der Waals surface area contributed by atoms with Crippen molar-refractivity contribution in [3.05, 3.63) is 24.3 Å². The van der Waals surface area contributed by atoms with Crippen molar-refractivity contribution < 1.29 is 24.0 Å². The van der Waals surface area contributed by atoms with Gasteiger partial charge in [0.15, 0.2) is 11.5 Å². The number of fused-ring (bicyclic) bond motifs is 1. The predicted octanol–water partition coefficient (Wildman–Crippen LogP) is -0.250. The van der Waals surface area contributed by atoms with E-state index in [1.54, 1.807) is 10.6 Å². The van der Waals surface area contributed by atoms with Crippen LogP contribution >= 0.6 is 7.82 Å². The summed E-state index contributed by atoms with van der Waals surface area (Å²) in [5, 5.41) is 10.2. The molecule has 118 valence electrons. The number of imidazole rings is 1.